The van der Waals surface area contributed by atoms with Crippen LogP contribution < -0.4 is 5.32 Å². The molecule has 0 aliphatic carbocycles. The van der Waals surface area contributed by atoms with Crippen LogP contribution in [0, 0.1) is 0 Å². The molecule has 104 valence electrons. The number of hydrogen-bond acceptors (Lipinski definition) is 4. The molecule has 4 rings (SSSR count). The van der Waals surface area contributed by atoms with E-state index in [0.29, 0.717) is 0 Å². The summed E-state index contributed by atoms with van der Waals surface area (Å²) in [5.74, 6) is 0.772. The van der Waals surface area contributed by atoms with Gasteiger partial charge in [-0.25, -0.2) is 0 Å². The first-order valence-corrected chi connectivity index (χ1v) is 8.16. The van der Waals surface area contributed by atoms with Gasteiger partial charge < -0.3 is 5.32 Å². The highest BCUT2D eigenvalue weighted by atomic mass is 79.9. The lowest BCUT2D eigenvalue weighted by Crippen LogP contribution is -2.18. The van der Waals surface area contributed by atoms with Crippen LogP contribution in [-0.4, -0.2) is 14.8 Å². The van der Waals surface area contributed by atoms with Gasteiger partial charge >= 0.3 is 0 Å². The van der Waals surface area contributed by atoms with Gasteiger partial charge in [0, 0.05) is 4.47 Å². The second kappa shape index (κ2) is 5.13. The number of benzene rings is 1. The maximum atomic E-state index is 4.17. The van der Waals surface area contributed by atoms with Crippen LogP contribution in [0.5, 0.6) is 0 Å². The minimum Gasteiger partial charge on any atom is -0.323 e. The Morgan fingerprint density at radius 1 is 1.19 bits per heavy atom. The lowest BCUT2D eigenvalue weighted by atomic mass is 10.0. The van der Waals surface area contributed by atoms with Crippen LogP contribution >= 0.6 is 27.3 Å². The van der Waals surface area contributed by atoms with E-state index >= 15 is 0 Å². The predicted octanol–water partition coefficient (Wildman–Crippen LogP) is 4.16. The second-order valence-electron chi connectivity index (χ2n) is 4.74. The molecule has 0 radical (unpaired) electrons. The van der Waals surface area contributed by atoms with Gasteiger partial charge in [0.15, 0.2) is 0 Å². The molecule has 2 aromatic heterocycles. The molecule has 1 aliphatic heterocycles. The highest BCUT2D eigenvalue weighted by Crippen LogP contribution is 2.33. The summed E-state index contributed by atoms with van der Waals surface area (Å²) in [6.07, 6.45) is 3.97. The van der Waals surface area contributed by atoms with Crippen LogP contribution in [0.15, 0.2) is 58.7 Å². The molecule has 1 aromatic carbocycles. The molecule has 21 heavy (non-hydrogen) atoms. The van der Waals surface area contributed by atoms with Crippen molar-refractivity contribution in [3.05, 3.63) is 69.1 Å². The summed E-state index contributed by atoms with van der Waals surface area (Å²) < 4.78 is 3.12. The number of fused-ring (bicyclic) bond motifs is 1. The molecule has 1 atom stereocenters. The molecule has 4 nitrogen and oxygen atoms in total. The van der Waals surface area contributed by atoms with E-state index in [1.807, 2.05) is 4.57 Å². The zero-order valence-electron chi connectivity index (χ0n) is 10.9. The second-order valence-corrected chi connectivity index (χ2v) is 6.60. The predicted molar refractivity (Wildman–Crippen MR) is 88.2 cm³/mol. The standard InChI is InChI=1S/C15H11BrN4S/c16-11-5-3-10(4-6-11)13-8-12(14-2-1-7-21-14)18-15-19-17-9-20(13)15/h1-9,13H,(H,18,19). The van der Waals surface area contributed by atoms with E-state index in [4.69, 9.17) is 0 Å². The van der Waals surface area contributed by atoms with E-state index in [9.17, 15) is 0 Å². The fourth-order valence-corrected chi connectivity index (χ4v) is 3.40. The van der Waals surface area contributed by atoms with Gasteiger partial charge in [0.05, 0.1) is 16.6 Å². The van der Waals surface area contributed by atoms with Crippen LogP contribution in [0.4, 0.5) is 5.95 Å². The van der Waals surface area contributed by atoms with Crippen LogP contribution in [0.25, 0.3) is 5.70 Å². The zero-order chi connectivity index (χ0) is 14.2. The van der Waals surface area contributed by atoms with Crippen LogP contribution in [0.3, 0.4) is 0 Å². The third kappa shape index (κ3) is 2.30. The van der Waals surface area contributed by atoms with Crippen molar-refractivity contribution in [3.63, 3.8) is 0 Å². The summed E-state index contributed by atoms with van der Waals surface area (Å²) in [6.45, 7) is 0. The van der Waals surface area contributed by atoms with Gasteiger partial charge in [0.25, 0.3) is 0 Å². The third-order valence-corrected chi connectivity index (χ3v) is 4.87. The monoisotopic (exact) mass is 358 g/mol. The summed E-state index contributed by atoms with van der Waals surface area (Å²) in [5.41, 5.74) is 2.29. The highest BCUT2D eigenvalue weighted by Gasteiger charge is 2.22. The van der Waals surface area contributed by atoms with Gasteiger partial charge in [-0.05, 0) is 35.2 Å². The number of anilines is 1. The van der Waals surface area contributed by atoms with Gasteiger partial charge in [0.1, 0.15) is 6.33 Å². The van der Waals surface area contributed by atoms with Gasteiger partial charge in [0.2, 0.25) is 5.95 Å². The Hall–Kier alpha value is -1.92. The molecule has 0 spiro atoms. The van der Waals surface area contributed by atoms with Crippen molar-refractivity contribution in [2.45, 2.75) is 6.04 Å². The van der Waals surface area contributed by atoms with Gasteiger partial charge in [-0.3, -0.25) is 4.57 Å². The number of allylic oxidation sites excluding steroid dienone is 1. The molecular weight excluding hydrogens is 348 g/mol. The van der Waals surface area contributed by atoms with Crippen molar-refractivity contribution in [2.75, 3.05) is 5.32 Å². The minimum absolute atomic E-state index is 0.0986. The molecule has 0 saturated heterocycles. The molecule has 0 fully saturated rings. The number of halogens is 1. The van der Waals surface area contributed by atoms with E-state index < -0.39 is 0 Å². The number of nitrogens with zero attached hydrogens (tertiary/aromatic N) is 3. The molecule has 1 unspecified atom stereocenters. The zero-order valence-corrected chi connectivity index (χ0v) is 13.3. The Bertz CT molecular complexity index is 789. The van der Waals surface area contributed by atoms with Gasteiger partial charge in [-0.1, -0.05) is 34.1 Å². The summed E-state index contributed by atoms with van der Waals surface area (Å²) >= 11 is 5.19. The van der Waals surface area contributed by atoms with Crippen LogP contribution in [-0.2, 0) is 0 Å². The van der Waals surface area contributed by atoms with E-state index in [1.54, 1.807) is 17.7 Å². The van der Waals surface area contributed by atoms with Crippen molar-refractivity contribution < 1.29 is 0 Å². The average Bonchev–Trinajstić information content (AvgIpc) is 3.18. The SMILES string of the molecule is Brc1ccc(C2C=C(c3cccs3)Nc3nncn32)cc1. The van der Waals surface area contributed by atoms with Crippen LogP contribution in [0.2, 0.25) is 0 Å². The Morgan fingerprint density at radius 2 is 2.05 bits per heavy atom. The fraction of sp³-hybridized carbons (Fsp3) is 0.0667. The first-order valence-electron chi connectivity index (χ1n) is 6.49. The topological polar surface area (TPSA) is 42.7 Å². The van der Waals surface area contributed by atoms with E-state index in [1.165, 1.54) is 10.4 Å². The Kier molecular flexibility index (Phi) is 3.12. The van der Waals surface area contributed by atoms with Crippen molar-refractivity contribution in [2.24, 2.45) is 0 Å². The largest absolute Gasteiger partial charge is 0.323 e. The number of aromatic nitrogens is 3. The quantitative estimate of drug-likeness (QED) is 0.747. The molecule has 0 saturated carbocycles. The normalized spacial score (nSPS) is 17.0. The van der Waals surface area contributed by atoms with Crippen molar-refractivity contribution in [1.29, 1.82) is 0 Å². The van der Waals surface area contributed by atoms with Gasteiger partial charge in [-0.2, -0.15) is 0 Å². The highest BCUT2D eigenvalue weighted by molar-refractivity contribution is 9.10. The lowest BCUT2D eigenvalue weighted by Gasteiger charge is -2.24. The average molecular weight is 359 g/mol. The number of thiophene rings is 1. The summed E-state index contributed by atoms with van der Waals surface area (Å²) in [7, 11) is 0. The summed E-state index contributed by atoms with van der Waals surface area (Å²) in [6, 6.07) is 12.6. The fourth-order valence-electron chi connectivity index (χ4n) is 2.43. The summed E-state index contributed by atoms with van der Waals surface area (Å²) in [4.78, 5) is 1.20. The molecule has 3 aromatic rings. The van der Waals surface area contributed by atoms with E-state index in [0.717, 1.165) is 16.1 Å². The molecule has 1 aliphatic rings. The lowest BCUT2D eigenvalue weighted by molar-refractivity contribution is 0.696. The number of hydrogen-bond donors (Lipinski definition) is 1. The van der Waals surface area contributed by atoms with Crippen molar-refractivity contribution in [3.8, 4) is 0 Å². The summed E-state index contributed by atoms with van der Waals surface area (Å²) in [5, 5.41) is 13.6. The molecule has 6 heteroatoms. The Balaban J connectivity index is 1.82. The molecule has 1 N–H and O–H groups in total. The van der Waals surface area contributed by atoms with Crippen LogP contribution in [0.1, 0.15) is 16.5 Å². The Morgan fingerprint density at radius 3 is 2.81 bits per heavy atom. The van der Waals surface area contributed by atoms with E-state index in [-0.39, 0.29) is 6.04 Å². The van der Waals surface area contributed by atoms with Gasteiger partial charge in [-0.15, -0.1) is 21.5 Å². The number of rotatable bonds is 2. The van der Waals surface area contributed by atoms with Crippen molar-refractivity contribution >= 4 is 38.9 Å². The minimum atomic E-state index is 0.0986. The Labute approximate surface area is 134 Å². The van der Waals surface area contributed by atoms with E-state index in [2.05, 4.69) is 79.3 Å². The maximum absolute atomic E-state index is 4.17. The maximum Gasteiger partial charge on any atom is 0.229 e. The molecule has 0 amide bonds. The molecular formula is C15H11BrN4S. The smallest absolute Gasteiger partial charge is 0.229 e. The first kappa shape index (κ1) is 12.8. The molecule has 3 heterocycles. The molecule has 0 bridgehead atoms. The first-order chi connectivity index (χ1) is 10.3. The number of nitrogens with one attached hydrogen (secondary N) is 1. The van der Waals surface area contributed by atoms with Crippen molar-refractivity contribution in [1.82, 2.24) is 14.8 Å². The third-order valence-electron chi connectivity index (χ3n) is 3.44.